The number of rotatable bonds is 4. The number of hydrogen-bond donors (Lipinski definition) is 0. The average Bonchev–Trinajstić information content (AvgIpc) is 4.41. The molecule has 0 N–H and O–H groups in total. The summed E-state index contributed by atoms with van der Waals surface area (Å²) in [7, 11) is 0. The third kappa shape index (κ3) is 5.26. The zero-order chi connectivity index (χ0) is 52.7. The lowest BCUT2D eigenvalue weighted by atomic mass is 9.65. The molecule has 19 rings (SSSR count). The molecule has 13 aromatic carbocycles. The normalized spacial score (nSPS) is 15.3. The van der Waals surface area contributed by atoms with Crippen LogP contribution in [0.3, 0.4) is 0 Å². The van der Waals surface area contributed by atoms with E-state index in [0.717, 1.165) is 50.1 Å². The Morgan fingerprint density at radius 1 is 0.309 bits per heavy atom. The fraction of sp³-hybridized carbons (Fsp3) is 0.0256. The molecule has 0 saturated heterocycles. The van der Waals surface area contributed by atoms with E-state index in [2.05, 4.69) is 289 Å². The van der Waals surface area contributed by atoms with E-state index in [4.69, 9.17) is 4.42 Å². The smallest absolute Gasteiger partial charge is 0.136 e. The first-order valence-electron chi connectivity index (χ1n) is 28.2. The first-order valence-corrected chi connectivity index (χ1v) is 28.2. The summed E-state index contributed by atoms with van der Waals surface area (Å²) in [5.41, 5.74) is 28.0. The molecule has 1 aliphatic heterocycles. The average molecular weight is 1030 g/mol. The van der Waals surface area contributed by atoms with Gasteiger partial charge in [0.15, 0.2) is 0 Å². The second-order valence-electron chi connectivity index (χ2n) is 22.5. The topological polar surface area (TPSA) is 21.3 Å². The molecule has 3 heteroatoms. The lowest BCUT2D eigenvalue weighted by Crippen LogP contribution is -2.33. The molecule has 15 aromatic rings. The number of furan rings is 1. The van der Waals surface area contributed by atoms with Crippen LogP contribution in [0.5, 0.6) is 0 Å². The van der Waals surface area contributed by atoms with Gasteiger partial charge in [0.25, 0.3) is 0 Å². The highest BCUT2D eigenvalue weighted by molar-refractivity contribution is 6.16. The Morgan fingerprint density at radius 3 is 1.57 bits per heavy atom. The quantitative estimate of drug-likeness (QED) is 0.175. The highest BCUT2D eigenvalue weighted by Crippen LogP contribution is 2.67. The molecule has 0 radical (unpaired) electrons. The summed E-state index contributed by atoms with van der Waals surface area (Å²) < 4.78 is 9.00. The summed E-state index contributed by atoms with van der Waals surface area (Å²) in [5, 5.41) is 7.22. The van der Waals surface area contributed by atoms with Crippen LogP contribution < -0.4 is 4.90 Å². The van der Waals surface area contributed by atoms with Crippen LogP contribution in [0.1, 0.15) is 44.5 Å². The first kappa shape index (κ1) is 43.5. The lowest BCUT2D eigenvalue weighted by Gasteiger charge is -2.39. The summed E-state index contributed by atoms with van der Waals surface area (Å²) in [6, 6.07) is 105. The standard InChI is InChI=1S/C78H46N2O/c1-2-24-54-52(22-1)70(46-66-73(54)56-25-5-11-32-61(56)77(66)59-30-9-3-20-50(59)51-21-4-10-31-60(51)77)79(48-44-42-47(43-45-48)49-28-18-41-72-74(49)58-27-8-16-40-71(58)81-72)69-39-19-35-64-75(69)57-26-6-12-33-62(57)78(64)63-34-13-15-38-68(63)80-67-37-14-7-23-53(67)55-29-17-36-65(78)76(55)80/h1-46H. The Balaban J connectivity index is 0.933. The van der Waals surface area contributed by atoms with Crippen molar-refractivity contribution in [1.29, 1.82) is 0 Å². The Labute approximate surface area is 467 Å². The monoisotopic (exact) mass is 1030 g/mol. The third-order valence-electron chi connectivity index (χ3n) is 19.0. The molecule has 1 atom stereocenters. The number of benzene rings is 13. The fourth-order valence-corrected chi connectivity index (χ4v) is 16.1. The Kier molecular flexibility index (Phi) is 8.39. The van der Waals surface area contributed by atoms with Crippen molar-refractivity contribution < 1.29 is 4.42 Å². The van der Waals surface area contributed by atoms with Gasteiger partial charge < -0.3 is 13.9 Å². The van der Waals surface area contributed by atoms with Gasteiger partial charge in [-0.25, -0.2) is 0 Å². The molecule has 3 nitrogen and oxygen atoms in total. The molecule has 374 valence electrons. The highest BCUT2D eigenvalue weighted by Gasteiger charge is 2.54. The molecular formula is C78H46N2O. The van der Waals surface area contributed by atoms with Crippen molar-refractivity contribution in [2.24, 2.45) is 0 Å². The van der Waals surface area contributed by atoms with Crippen LogP contribution in [0, 0.1) is 0 Å². The van der Waals surface area contributed by atoms with Gasteiger partial charge in [-0.2, -0.15) is 0 Å². The SMILES string of the molecule is c1ccc2c(c1)-c1ccccc1C21c2ccccc2-c2c1cc(N(c1ccc(-c3cccc4oc5ccccc5c34)cc1)c1cccc3c1-c1ccccc1C31c3ccccc3-n3c4ccccc4c4cccc1c43)c1ccccc21. The maximum atomic E-state index is 6.46. The minimum atomic E-state index is -0.632. The Bertz CT molecular complexity index is 5220. The molecule has 0 bridgehead atoms. The van der Waals surface area contributed by atoms with Crippen LogP contribution in [0.2, 0.25) is 0 Å². The van der Waals surface area contributed by atoms with Crippen molar-refractivity contribution >= 4 is 71.6 Å². The number of hydrogen-bond acceptors (Lipinski definition) is 2. The Hall–Kier alpha value is -10.5. The van der Waals surface area contributed by atoms with E-state index >= 15 is 0 Å². The van der Waals surface area contributed by atoms with E-state index in [1.165, 1.54) is 116 Å². The number of anilines is 3. The number of fused-ring (bicyclic) bond motifs is 27. The van der Waals surface area contributed by atoms with Crippen molar-refractivity contribution in [2.75, 3.05) is 4.90 Å². The fourth-order valence-electron chi connectivity index (χ4n) is 16.1. The summed E-state index contributed by atoms with van der Waals surface area (Å²) in [5.74, 6) is 0. The maximum Gasteiger partial charge on any atom is 0.136 e. The van der Waals surface area contributed by atoms with Crippen LogP contribution >= 0.6 is 0 Å². The molecule has 3 aliphatic carbocycles. The third-order valence-corrected chi connectivity index (χ3v) is 19.0. The van der Waals surface area contributed by atoms with E-state index in [1.54, 1.807) is 0 Å². The molecule has 3 heterocycles. The predicted molar refractivity (Wildman–Crippen MR) is 333 cm³/mol. The minimum Gasteiger partial charge on any atom is -0.456 e. The van der Waals surface area contributed by atoms with Crippen LogP contribution in [-0.4, -0.2) is 4.57 Å². The van der Waals surface area contributed by atoms with Gasteiger partial charge in [-0.15, -0.1) is 0 Å². The summed E-state index contributed by atoms with van der Waals surface area (Å²) >= 11 is 0. The van der Waals surface area contributed by atoms with Crippen LogP contribution in [-0.2, 0) is 10.8 Å². The molecule has 1 unspecified atom stereocenters. The summed E-state index contributed by atoms with van der Waals surface area (Å²) in [6.45, 7) is 0. The number of para-hydroxylation sites is 4. The van der Waals surface area contributed by atoms with Gasteiger partial charge in [0.2, 0.25) is 0 Å². The van der Waals surface area contributed by atoms with Gasteiger partial charge in [-0.3, -0.25) is 0 Å². The molecule has 2 aromatic heterocycles. The number of aromatic nitrogens is 1. The predicted octanol–water partition coefficient (Wildman–Crippen LogP) is 20.0. The van der Waals surface area contributed by atoms with Gasteiger partial charge in [-0.05, 0) is 137 Å². The largest absolute Gasteiger partial charge is 0.456 e. The van der Waals surface area contributed by atoms with E-state index < -0.39 is 10.8 Å². The second-order valence-corrected chi connectivity index (χ2v) is 22.5. The molecule has 0 amide bonds. The van der Waals surface area contributed by atoms with Gasteiger partial charge in [0.05, 0.1) is 38.9 Å². The van der Waals surface area contributed by atoms with Crippen molar-refractivity contribution in [3.05, 3.63) is 324 Å². The first-order chi connectivity index (χ1) is 40.2. The van der Waals surface area contributed by atoms with E-state index in [-0.39, 0.29) is 0 Å². The van der Waals surface area contributed by atoms with Gasteiger partial charge in [-0.1, -0.05) is 231 Å². The highest BCUT2D eigenvalue weighted by atomic mass is 16.3. The molecule has 81 heavy (non-hydrogen) atoms. The molecule has 0 fully saturated rings. The summed E-state index contributed by atoms with van der Waals surface area (Å²) in [6.07, 6.45) is 0. The van der Waals surface area contributed by atoms with Crippen LogP contribution in [0.25, 0.3) is 105 Å². The van der Waals surface area contributed by atoms with Crippen molar-refractivity contribution in [1.82, 2.24) is 4.57 Å². The molecular weight excluding hydrogens is 981 g/mol. The molecule has 2 spiro atoms. The maximum absolute atomic E-state index is 6.46. The summed E-state index contributed by atoms with van der Waals surface area (Å²) in [4.78, 5) is 2.62. The van der Waals surface area contributed by atoms with E-state index in [0.29, 0.717) is 0 Å². The minimum absolute atomic E-state index is 0.558. The zero-order valence-electron chi connectivity index (χ0n) is 43.9. The second kappa shape index (κ2) is 15.6. The van der Waals surface area contributed by atoms with Gasteiger partial charge in [0.1, 0.15) is 11.2 Å². The van der Waals surface area contributed by atoms with E-state index in [1.807, 2.05) is 0 Å². The molecule has 4 aliphatic rings. The zero-order valence-corrected chi connectivity index (χ0v) is 43.9. The van der Waals surface area contributed by atoms with Crippen molar-refractivity contribution in [2.45, 2.75) is 10.8 Å². The van der Waals surface area contributed by atoms with Crippen LogP contribution in [0.15, 0.2) is 283 Å². The lowest BCUT2D eigenvalue weighted by molar-refractivity contribution is 0.669. The van der Waals surface area contributed by atoms with E-state index in [9.17, 15) is 0 Å². The van der Waals surface area contributed by atoms with Gasteiger partial charge >= 0.3 is 0 Å². The Morgan fingerprint density at radius 2 is 0.815 bits per heavy atom. The van der Waals surface area contributed by atoms with Crippen molar-refractivity contribution in [3.63, 3.8) is 0 Å². The van der Waals surface area contributed by atoms with Gasteiger partial charge in [0, 0.05) is 38.2 Å². The van der Waals surface area contributed by atoms with Crippen LogP contribution in [0.4, 0.5) is 17.1 Å². The van der Waals surface area contributed by atoms with Crippen molar-refractivity contribution in [3.8, 4) is 50.2 Å². The molecule has 0 saturated carbocycles. The number of nitrogens with zero attached hydrogens (tertiary/aromatic N) is 2.